The highest BCUT2D eigenvalue weighted by atomic mass is 32.2. The Bertz CT molecular complexity index is 567. The predicted octanol–water partition coefficient (Wildman–Crippen LogP) is 0.964. The van der Waals surface area contributed by atoms with Crippen molar-refractivity contribution in [2.45, 2.75) is 25.8 Å². The van der Waals surface area contributed by atoms with E-state index in [1.165, 1.54) is 5.56 Å². The Hall–Kier alpha value is -1.40. The maximum atomic E-state index is 11.9. The zero-order valence-corrected chi connectivity index (χ0v) is 12.4. The second-order valence-corrected chi connectivity index (χ2v) is 7.30. The second kappa shape index (κ2) is 6.37. The lowest BCUT2D eigenvalue weighted by molar-refractivity contribution is -0.116. The van der Waals surface area contributed by atoms with E-state index >= 15 is 0 Å². The minimum absolute atomic E-state index is 0.0369. The van der Waals surface area contributed by atoms with E-state index in [9.17, 15) is 13.2 Å². The minimum atomic E-state index is -3.00. The number of aryl methyl sites for hydroxylation is 1. The Kier molecular flexibility index (Phi) is 4.77. The lowest BCUT2D eigenvalue weighted by atomic mass is 10.1. The van der Waals surface area contributed by atoms with Crippen LogP contribution in [-0.2, 0) is 21.1 Å². The van der Waals surface area contributed by atoms with Crippen molar-refractivity contribution in [1.29, 1.82) is 0 Å². The molecule has 1 unspecified atom stereocenters. The van der Waals surface area contributed by atoms with Crippen LogP contribution in [0, 0.1) is 0 Å². The molecule has 1 atom stereocenters. The highest BCUT2D eigenvalue weighted by Crippen LogP contribution is 2.11. The summed E-state index contributed by atoms with van der Waals surface area (Å²) in [6.07, 6.45) is 1.13. The number of rotatable bonds is 4. The molecule has 0 spiro atoms. The standard InChI is InChI=1S/C14H20N2O3S/c1-2-11-3-5-12(6-4-11)16-14(17)9-13-10-20(18,19)8-7-15-13/h3-6,13,15H,2,7-10H2,1H3,(H,16,17). The van der Waals surface area contributed by atoms with Crippen LogP contribution in [0.5, 0.6) is 0 Å². The molecule has 1 saturated heterocycles. The highest BCUT2D eigenvalue weighted by molar-refractivity contribution is 7.91. The van der Waals surface area contributed by atoms with Crippen molar-refractivity contribution in [3.63, 3.8) is 0 Å². The third kappa shape index (κ3) is 4.31. The molecule has 0 aliphatic carbocycles. The van der Waals surface area contributed by atoms with Crippen molar-refractivity contribution >= 4 is 21.4 Å². The molecule has 2 N–H and O–H groups in total. The Morgan fingerprint density at radius 3 is 2.65 bits per heavy atom. The van der Waals surface area contributed by atoms with E-state index in [4.69, 9.17) is 0 Å². The summed E-state index contributed by atoms with van der Waals surface area (Å²) in [5, 5.41) is 5.86. The molecule has 110 valence electrons. The van der Waals surface area contributed by atoms with E-state index in [0.29, 0.717) is 6.54 Å². The molecule has 20 heavy (non-hydrogen) atoms. The molecule has 0 saturated carbocycles. The molecule has 1 aliphatic heterocycles. The first-order chi connectivity index (χ1) is 9.48. The van der Waals surface area contributed by atoms with Gasteiger partial charge in [0.1, 0.15) is 0 Å². The van der Waals surface area contributed by atoms with Gasteiger partial charge in [-0.2, -0.15) is 0 Å². The van der Waals surface area contributed by atoms with Crippen LogP contribution in [0.15, 0.2) is 24.3 Å². The Balaban J connectivity index is 1.88. The van der Waals surface area contributed by atoms with Gasteiger partial charge in [0, 0.05) is 24.7 Å². The van der Waals surface area contributed by atoms with Crippen molar-refractivity contribution in [3.8, 4) is 0 Å². The van der Waals surface area contributed by atoms with Crippen molar-refractivity contribution < 1.29 is 13.2 Å². The lowest BCUT2D eigenvalue weighted by Gasteiger charge is -2.23. The van der Waals surface area contributed by atoms with Gasteiger partial charge in [0.2, 0.25) is 5.91 Å². The summed E-state index contributed by atoms with van der Waals surface area (Å²) in [4.78, 5) is 11.9. The van der Waals surface area contributed by atoms with Crippen LogP contribution in [-0.4, -0.2) is 38.4 Å². The SMILES string of the molecule is CCc1ccc(NC(=O)CC2CS(=O)(=O)CCN2)cc1. The summed E-state index contributed by atoms with van der Waals surface area (Å²) >= 11 is 0. The van der Waals surface area contributed by atoms with Gasteiger partial charge in [-0.05, 0) is 24.1 Å². The zero-order chi connectivity index (χ0) is 14.6. The number of hydrogen-bond donors (Lipinski definition) is 2. The number of benzene rings is 1. The number of sulfone groups is 1. The summed E-state index contributed by atoms with van der Waals surface area (Å²) < 4.78 is 23.0. The number of hydrogen-bond acceptors (Lipinski definition) is 4. The van der Waals surface area contributed by atoms with Crippen LogP contribution in [0.3, 0.4) is 0 Å². The summed E-state index contributed by atoms with van der Waals surface area (Å²) in [7, 11) is -3.00. The second-order valence-electron chi connectivity index (χ2n) is 5.07. The van der Waals surface area contributed by atoms with Crippen LogP contribution in [0.4, 0.5) is 5.69 Å². The third-order valence-electron chi connectivity index (χ3n) is 3.38. The van der Waals surface area contributed by atoms with Gasteiger partial charge in [-0.1, -0.05) is 19.1 Å². The monoisotopic (exact) mass is 296 g/mol. The van der Waals surface area contributed by atoms with Crippen LogP contribution < -0.4 is 10.6 Å². The molecule has 1 aliphatic rings. The van der Waals surface area contributed by atoms with Gasteiger partial charge in [-0.3, -0.25) is 4.79 Å². The molecule has 1 aromatic rings. The third-order valence-corrected chi connectivity index (χ3v) is 5.12. The van der Waals surface area contributed by atoms with Gasteiger partial charge in [0.25, 0.3) is 0 Å². The molecule has 1 heterocycles. The zero-order valence-electron chi connectivity index (χ0n) is 11.6. The molecule has 0 bridgehead atoms. The van der Waals surface area contributed by atoms with Crippen LogP contribution in [0.2, 0.25) is 0 Å². The quantitative estimate of drug-likeness (QED) is 0.868. The van der Waals surface area contributed by atoms with E-state index in [2.05, 4.69) is 17.6 Å². The Labute approximate surface area is 119 Å². The first-order valence-corrected chi connectivity index (χ1v) is 8.63. The van der Waals surface area contributed by atoms with Gasteiger partial charge < -0.3 is 10.6 Å². The lowest BCUT2D eigenvalue weighted by Crippen LogP contribution is -2.46. The predicted molar refractivity (Wildman–Crippen MR) is 79.5 cm³/mol. The van der Waals surface area contributed by atoms with Crippen molar-refractivity contribution in [1.82, 2.24) is 5.32 Å². The van der Waals surface area contributed by atoms with Gasteiger partial charge in [-0.15, -0.1) is 0 Å². The molecule has 1 amide bonds. The largest absolute Gasteiger partial charge is 0.326 e. The smallest absolute Gasteiger partial charge is 0.225 e. The fourth-order valence-corrected chi connectivity index (χ4v) is 3.70. The number of nitrogens with one attached hydrogen (secondary N) is 2. The molecule has 0 aromatic heterocycles. The van der Waals surface area contributed by atoms with E-state index in [1.807, 2.05) is 24.3 Å². The number of amides is 1. The molecule has 1 fully saturated rings. The summed E-state index contributed by atoms with van der Waals surface area (Å²) in [5.41, 5.74) is 1.95. The molecule has 0 radical (unpaired) electrons. The number of carbonyl (C=O) groups excluding carboxylic acids is 1. The van der Waals surface area contributed by atoms with Crippen LogP contribution in [0.25, 0.3) is 0 Å². The van der Waals surface area contributed by atoms with Crippen molar-refractivity contribution in [2.24, 2.45) is 0 Å². The summed E-state index contributed by atoms with van der Waals surface area (Å²) in [5.74, 6) is 0.0301. The van der Waals surface area contributed by atoms with E-state index < -0.39 is 9.84 Å². The van der Waals surface area contributed by atoms with Gasteiger partial charge in [-0.25, -0.2) is 8.42 Å². The van der Waals surface area contributed by atoms with E-state index in [0.717, 1.165) is 12.1 Å². The average Bonchev–Trinajstić information content (AvgIpc) is 2.38. The molecular formula is C14H20N2O3S. The number of anilines is 1. The Morgan fingerprint density at radius 1 is 1.35 bits per heavy atom. The van der Waals surface area contributed by atoms with Gasteiger partial charge in [0.05, 0.1) is 11.5 Å². The van der Waals surface area contributed by atoms with Gasteiger partial charge >= 0.3 is 0 Å². The number of carbonyl (C=O) groups is 1. The highest BCUT2D eigenvalue weighted by Gasteiger charge is 2.25. The van der Waals surface area contributed by atoms with Crippen molar-refractivity contribution in [3.05, 3.63) is 29.8 Å². The average molecular weight is 296 g/mol. The summed E-state index contributed by atoms with van der Waals surface area (Å²) in [6.45, 7) is 2.49. The maximum absolute atomic E-state index is 11.9. The molecule has 1 aromatic carbocycles. The summed E-state index contributed by atoms with van der Waals surface area (Å²) in [6, 6.07) is 7.38. The van der Waals surface area contributed by atoms with Crippen LogP contribution >= 0.6 is 0 Å². The fourth-order valence-electron chi connectivity index (χ4n) is 2.26. The maximum Gasteiger partial charge on any atom is 0.225 e. The normalized spacial score (nSPS) is 21.4. The van der Waals surface area contributed by atoms with E-state index in [1.54, 1.807) is 0 Å². The topological polar surface area (TPSA) is 75.3 Å². The van der Waals surface area contributed by atoms with Crippen molar-refractivity contribution in [2.75, 3.05) is 23.4 Å². The molecule has 2 rings (SSSR count). The van der Waals surface area contributed by atoms with Gasteiger partial charge in [0.15, 0.2) is 9.84 Å². The van der Waals surface area contributed by atoms with Crippen LogP contribution in [0.1, 0.15) is 18.9 Å². The molecular weight excluding hydrogens is 276 g/mol. The van der Waals surface area contributed by atoms with E-state index in [-0.39, 0.29) is 29.9 Å². The molecule has 6 heteroatoms. The molecule has 5 nitrogen and oxygen atoms in total. The first-order valence-electron chi connectivity index (χ1n) is 6.81. The fraction of sp³-hybridized carbons (Fsp3) is 0.500. The minimum Gasteiger partial charge on any atom is -0.326 e. The first kappa shape index (κ1) is 15.0. The Morgan fingerprint density at radius 2 is 2.05 bits per heavy atom.